The average molecular weight is 215 g/mol. The molecule has 0 saturated heterocycles. The molecule has 5 heteroatoms. The lowest BCUT2D eigenvalue weighted by molar-refractivity contribution is -0.127. The molecule has 0 spiro atoms. The van der Waals surface area contributed by atoms with E-state index in [1.807, 2.05) is 6.92 Å². The zero-order chi connectivity index (χ0) is 12.1. The summed E-state index contributed by atoms with van der Waals surface area (Å²) in [6.45, 7) is 6.04. The highest BCUT2D eigenvalue weighted by atomic mass is 16.2. The van der Waals surface area contributed by atoms with Gasteiger partial charge in [-0.05, 0) is 26.3 Å². The van der Waals surface area contributed by atoms with E-state index >= 15 is 0 Å². The van der Waals surface area contributed by atoms with Gasteiger partial charge in [0.05, 0.1) is 5.41 Å². The second-order valence-electron chi connectivity index (χ2n) is 4.57. The van der Waals surface area contributed by atoms with Crippen molar-refractivity contribution in [3.63, 3.8) is 0 Å². The molecule has 0 aliphatic heterocycles. The van der Waals surface area contributed by atoms with Gasteiger partial charge in [0.2, 0.25) is 11.8 Å². The van der Waals surface area contributed by atoms with Gasteiger partial charge in [0.1, 0.15) is 0 Å². The van der Waals surface area contributed by atoms with Crippen LogP contribution in [0.15, 0.2) is 0 Å². The van der Waals surface area contributed by atoms with Crippen LogP contribution in [0.1, 0.15) is 27.2 Å². The first-order valence-corrected chi connectivity index (χ1v) is 5.06. The van der Waals surface area contributed by atoms with Crippen LogP contribution in [0.25, 0.3) is 0 Å². The highest BCUT2D eigenvalue weighted by Gasteiger charge is 2.25. The van der Waals surface area contributed by atoms with Crippen molar-refractivity contribution in [1.82, 2.24) is 5.32 Å². The van der Waals surface area contributed by atoms with Crippen LogP contribution < -0.4 is 16.8 Å². The molecule has 0 aromatic heterocycles. The molecule has 0 fully saturated rings. The normalized spacial score (nSPS) is 13.3. The van der Waals surface area contributed by atoms with Gasteiger partial charge in [-0.3, -0.25) is 9.59 Å². The van der Waals surface area contributed by atoms with Crippen molar-refractivity contribution in [1.29, 1.82) is 0 Å². The monoisotopic (exact) mass is 215 g/mol. The van der Waals surface area contributed by atoms with Crippen LogP contribution in [0.4, 0.5) is 0 Å². The molecule has 0 aromatic carbocycles. The van der Waals surface area contributed by atoms with E-state index in [0.717, 1.165) is 0 Å². The Bertz CT molecular complexity index is 239. The Morgan fingerprint density at radius 2 is 1.93 bits per heavy atom. The first-order chi connectivity index (χ1) is 6.79. The maximum absolute atomic E-state index is 11.4. The van der Waals surface area contributed by atoms with Crippen molar-refractivity contribution in [2.75, 3.05) is 13.1 Å². The summed E-state index contributed by atoms with van der Waals surface area (Å²) in [5, 5.41) is 2.67. The number of carbonyl (C=O) groups is 2. The molecule has 5 N–H and O–H groups in total. The van der Waals surface area contributed by atoms with Crippen molar-refractivity contribution in [3.8, 4) is 0 Å². The fourth-order valence-corrected chi connectivity index (χ4v) is 0.879. The van der Waals surface area contributed by atoms with Crippen molar-refractivity contribution < 1.29 is 9.59 Å². The molecule has 88 valence electrons. The lowest BCUT2D eigenvalue weighted by Crippen LogP contribution is -2.42. The molecule has 15 heavy (non-hydrogen) atoms. The second kappa shape index (κ2) is 5.70. The third-order valence-corrected chi connectivity index (χ3v) is 2.33. The van der Waals surface area contributed by atoms with Crippen LogP contribution in [0.3, 0.4) is 0 Å². The smallest absolute Gasteiger partial charge is 0.224 e. The van der Waals surface area contributed by atoms with Crippen molar-refractivity contribution in [2.45, 2.75) is 27.2 Å². The van der Waals surface area contributed by atoms with Crippen molar-refractivity contribution >= 4 is 11.8 Å². The standard InChI is InChI=1S/C10H21N3O2/c1-7(5-11)4-8(14)13-6-10(2,3)9(12)15/h7H,4-6,11H2,1-3H3,(H2,12,15)(H,13,14). The molecule has 0 heterocycles. The first kappa shape index (κ1) is 13.9. The van der Waals surface area contributed by atoms with Gasteiger partial charge in [-0.2, -0.15) is 0 Å². The van der Waals surface area contributed by atoms with E-state index in [9.17, 15) is 9.59 Å². The van der Waals surface area contributed by atoms with Gasteiger partial charge in [0.15, 0.2) is 0 Å². The Labute approximate surface area is 90.6 Å². The Morgan fingerprint density at radius 3 is 2.33 bits per heavy atom. The van der Waals surface area contributed by atoms with Crippen LogP contribution in [-0.4, -0.2) is 24.9 Å². The number of hydrogen-bond donors (Lipinski definition) is 3. The Hall–Kier alpha value is -1.10. The minimum absolute atomic E-state index is 0.0951. The molecule has 0 bridgehead atoms. The zero-order valence-corrected chi connectivity index (χ0v) is 9.67. The SMILES string of the molecule is CC(CN)CC(=O)NCC(C)(C)C(N)=O. The van der Waals surface area contributed by atoms with Crippen molar-refractivity contribution in [2.24, 2.45) is 22.8 Å². The van der Waals surface area contributed by atoms with Crippen LogP contribution in [0, 0.1) is 11.3 Å². The van der Waals surface area contributed by atoms with Gasteiger partial charge in [0, 0.05) is 13.0 Å². The summed E-state index contributed by atoms with van der Waals surface area (Å²) in [6.07, 6.45) is 0.380. The van der Waals surface area contributed by atoms with E-state index in [4.69, 9.17) is 11.5 Å². The molecule has 0 aliphatic rings. The summed E-state index contributed by atoms with van der Waals surface area (Å²) >= 11 is 0. The Balaban J connectivity index is 3.96. The lowest BCUT2D eigenvalue weighted by atomic mass is 9.92. The van der Waals surface area contributed by atoms with Gasteiger partial charge >= 0.3 is 0 Å². The average Bonchev–Trinajstić information content (AvgIpc) is 2.14. The first-order valence-electron chi connectivity index (χ1n) is 5.06. The van der Waals surface area contributed by atoms with E-state index in [-0.39, 0.29) is 18.4 Å². The van der Waals surface area contributed by atoms with Crippen LogP contribution in [-0.2, 0) is 9.59 Å². The molecule has 0 aromatic rings. The Kier molecular flexibility index (Phi) is 5.28. The van der Waals surface area contributed by atoms with E-state index < -0.39 is 11.3 Å². The molecule has 1 unspecified atom stereocenters. The molecule has 0 radical (unpaired) electrons. The van der Waals surface area contributed by atoms with Gasteiger partial charge in [-0.15, -0.1) is 0 Å². The van der Waals surface area contributed by atoms with E-state index in [2.05, 4.69) is 5.32 Å². The molecule has 1 atom stereocenters. The van der Waals surface area contributed by atoms with E-state index in [1.165, 1.54) is 0 Å². The molecular formula is C10H21N3O2. The number of nitrogens with one attached hydrogen (secondary N) is 1. The number of primary amides is 1. The predicted molar refractivity (Wildman–Crippen MR) is 58.8 cm³/mol. The maximum Gasteiger partial charge on any atom is 0.224 e. The van der Waals surface area contributed by atoms with Gasteiger partial charge in [-0.25, -0.2) is 0 Å². The second-order valence-corrected chi connectivity index (χ2v) is 4.57. The lowest BCUT2D eigenvalue weighted by Gasteiger charge is -2.21. The molecule has 2 amide bonds. The summed E-state index contributed by atoms with van der Waals surface area (Å²) in [4.78, 5) is 22.3. The molecule has 0 rings (SSSR count). The number of hydrogen-bond acceptors (Lipinski definition) is 3. The summed E-state index contributed by atoms with van der Waals surface area (Å²) < 4.78 is 0. The molecular weight excluding hydrogens is 194 g/mol. The Morgan fingerprint density at radius 1 is 1.40 bits per heavy atom. The highest BCUT2D eigenvalue weighted by Crippen LogP contribution is 2.12. The maximum atomic E-state index is 11.4. The largest absolute Gasteiger partial charge is 0.369 e. The summed E-state index contributed by atoms with van der Waals surface area (Å²) in [7, 11) is 0. The highest BCUT2D eigenvalue weighted by molar-refractivity contribution is 5.82. The fourth-order valence-electron chi connectivity index (χ4n) is 0.879. The summed E-state index contributed by atoms with van der Waals surface area (Å²) in [5.41, 5.74) is 9.86. The molecule has 5 nitrogen and oxygen atoms in total. The zero-order valence-electron chi connectivity index (χ0n) is 9.67. The number of rotatable bonds is 6. The van der Waals surface area contributed by atoms with E-state index in [1.54, 1.807) is 13.8 Å². The quantitative estimate of drug-likeness (QED) is 0.562. The molecule has 0 aliphatic carbocycles. The summed E-state index contributed by atoms with van der Waals surface area (Å²) in [6, 6.07) is 0. The third-order valence-electron chi connectivity index (χ3n) is 2.33. The number of carbonyl (C=O) groups excluding carboxylic acids is 2. The topological polar surface area (TPSA) is 98.2 Å². The van der Waals surface area contributed by atoms with Crippen molar-refractivity contribution in [3.05, 3.63) is 0 Å². The summed E-state index contributed by atoms with van der Waals surface area (Å²) in [5.74, 6) is -0.362. The van der Waals surface area contributed by atoms with Gasteiger partial charge < -0.3 is 16.8 Å². The third kappa shape index (κ3) is 5.37. The minimum Gasteiger partial charge on any atom is -0.369 e. The predicted octanol–water partition coefficient (Wildman–Crippen LogP) is -0.401. The van der Waals surface area contributed by atoms with Crippen LogP contribution in [0.2, 0.25) is 0 Å². The van der Waals surface area contributed by atoms with Gasteiger partial charge in [0.25, 0.3) is 0 Å². The number of amides is 2. The molecule has 0 saturated carbocycles. The van der Waals surface area contributed by atoms with Crippen LogP contribution >= 0.6 is 0 Å². The minimum atomic E-state index is -0.707. The van der Waals surface area contributed by atoms with Crippen LogP contribution in [0.5, 0.6) is 0 Å². The van der Waals surface area contributed by atoms with Gasteiger partial charge in [-0.1, -0.05) is 6.92 Å². The fraction of sp³-hybridized carbons (Fsp3) is 0.800. The van der Waals surface area contributed by atoms with E-state index in [0.29, 0.717) is 13.0 Å². The number of nitrogens with two attached hydrogens (primary N) is 2.